The quantitative estimate of drug-likeness (QED) is 0.228. The minimum absolute atomic E-state index is 0.170. The van der Waals surface area contributed by atoms with E-state index < -0.39 is 0 Å². The fourth-order valence-corrected chi connectivity index (χ4v) is 18.3. The standard InChI is InChI=1S/C26H44O2.C25H43NO2/c1-6-8-16(3)19-9-10-20-23-21(12-14-25(19,20)4)26(5)13-11-17(27)15-22(26)18(7-2)24(23)28;1-5-17-21-14-16(27)8-11-25(21,4)20-9-12-24(3)18(15(2)10-13-26)6-7-19(24)22(20)23(17)28/h16-23,27H,6-15H2,1-5H3;15-22,27H,5-14,26H2,1-4H3/t16-,17-,18-,19-,20+,21+,22+,23+,25-,26-;15-,16-,17+,18-,19+,20+,21+,22+,24-,25-/m11/s1. The molecule has 5 heteroatoms. The molecule has 8 aliphatic carbocycles. The molecular formula is C51H87NO4. The van der Waals surface area contributed by atoms with Gasteiger partial charge in [0.15, 0.2) is 0 Å². The highest BCUT2D eigenvalue weighted by Crippen LogP contribution is 2.70. The maximum Gasteiger partial charge on any atom is 0.139 e. The van der Waals surface area contributed by atoms with Crippen LogP contribution in [-0.4, -0.2) is 40.5 Å². The van der Waals surface area contributed by atoms with Crippen LogP contribution in [0, 0.1) is 105 Å². The van der Waals surface area contributed by atoms with E-state index >= 15 is 0 Å². The Bertz CT molecular complexity index is 1310. The van der Waals surface area contributed by atoms with Gasteiger partial charge in [0, 0.05) is 23.7 Å². The second kappa shape index (κ2) is 16.2. The van der Waals surface area contributed by atoms with Crippen molar-refractivity contribution in [2.24, 2.45) is 110 Å². The van der Waals surface area contributed by atoms with Crippen LogP contribution in [0.3, 0.4) is 0 Å². The van der Waals surface area contributed by atoms with Crippen molar-refractivity contribution in [3.05, 3.63) is 0 Å². The number of aliphatic hydroxyl groups excluding tert-OH is 2. The molecule has 8 fully saturated rings. The first-order valence-electron chi connectivity index (χ1n) is 24.7. The van der Waals surface area contributed by atoms with Gasteiger partial charge in [-0.1, -0.05) is 75.2 Å². The first kappa shape index (κ1) is 43.3. The zero-order valence-corrected chi connectivity index (χ0v) is 37.7. The first-order chi connectivity index (χ1) is 26.5. The number of ketones is 2. The van der Waals surface area contributed by atoms with Gasteiger partial charge in [-0.25, -0.2) is 0 Å². The van der Waals surface area contributed by atoms with Crippen LogP contribution in [0.4, 0.5) is 0 Å². The summed E-state index contributed by atoms with van der Waals surface area (Å²) in [6.45, 7) is 22.5. The molecule has 0 saturated heterocycles. The number of aliphatic hydroxyl groups is 2. The van der Waals surface area contributed by atoms with Crippen LogP contribution in [0.5, 0.6) is 0 Å². The lowest BCUT2D eigenvalue weighted by Gasteiger charge is -2.62. The average molecular weight is 778 g/mol. The number of fused-ring (bicyclic) bond motifs is 10. The van der Waals surface area contributed by atoms with E-state index in [0.717, 1.165) is 82.1 Å². The van der Waals surface area contributed by atoms with Crippen LogP contribution >= 0.6 is 0 Å². The number of nitrogens with two attached hydrogens (primary N) is 1. The predicted octanol–water partition coefficient (Wildman–Crippen LogP) is 11.1. The Hall–Kier alpha value is -0.780. The lowest BCUT2D eigenvalue weighted by atomic mass is 9.42. The van der Waals surface area contributed by atoms with Crippen molar-refractivity contribution < 1.29 is 19.8 Å². The Morgan fingerprint density at radius 1 is 0.554 bits per heavy atom. The van der Waals surface area contributed by atoms with E-state index in [0.29, 0.717) is 69.7 Å². The molecule has 5 nitrogen and oxygen atoms in total. The van der Waals surface area contributed by atoms with Gasteiger partial charge in [-0.05, 0) is 197 Å². The van der Waals surface area contributed by atoms with Gasteiger partial charge < -0.3 is 15.9 Å². The van der Waals surface area contributed by atoms with Crippen LogP contribution in [0.1, 0.15) is 184 Å². The Labute approximate surface area is 343 Å². The Kier molecular flexibility index (Phi) is 12.6. The molecular weight excluding hydrogens is 691 g/mol. The van der Waals surface area contributed by atoms with E-state index in [1.807, 2.05) is 0 Å². The summed E-state index contributed by atoms with van der Waals surface area (Å²) in [5.41, 5.74) is 7.12. The molecule has 20 atom stereocenters. The largest absolute Gasteiger partial charge is 0.393 e. The first-order valence-corrected chi connectivity index (χ1v) is 24.7. The Morgan fingerprint density at radius 3 is 1.30 bits per heavy atom. The van der Waals surface area contributed by atoms with Gasteiger partial charge in [0.1, 0.15) is 11.6 Å². The van der Waals surface area contributed by atoms with Crippen LogP contribution in [-0.2, 0) is 9.59 Å². The molecule has 0 aromatic rings. The number of carbonyl (C=O) groups excluding carboxylic acids is 2. The lowest BCUT2D eigenvalue weighted by Crippen LogP contribution is -2.60. The van der Waals surface area contributed by atoms with Crippen LogP contribution in [0.15, 0.2) is 0 Å². The number of Topliss-reactive ketones (excluding diaryl/α,β-unsaturated/α-hetero) is 2. The molecule has 56 heavy (non-hydrogen) atoms. The van der Waals surface area contributed by atoms with Gasteiger partial charge in [0.05, 0.1) is 12.2 Å². The topological polar surface area (TPSA) is 101 Å². The second-order valence-corrected chi connectivity index (χ2v) is 23.2. The van der Waals surface area contributed by atoms with Crippen molar-refractivity contribution in [2.75, 3.05) is 6.54 Å². The third-order valence-corrected chi connectivity index (χ3v) is 21.1. The van der Waals surface area contributed by atoms with E-state index in [4.69, 9.17) is 5.73 Å². The molecule has 0 radical (unpaired) electrons. The summed E-state index contributed by atoms with van der Waals surface area (Å²) >= 11 is 0. The maximum atomic E-state index is 13.9. The van der Waals surface area contributed by atoms with E-state index in [2.05, 4.69) is 62.3 Å². The van der Waals surface area contributed by atoms with E-state index in [-0.39, 0.29) is 40.8 Å². The fourth-order valence-electron chi connectivity index (χ4n) is 18.3. The van der Waals surface area contributed by atoms with Gasteiger partial charge in [-0.2, -0.15) is 0 Å². The molecule has 0 aliphatic heterocycles. The average Bonchev–Trinajstić information content (AvgIpc) is 3.71. The molecule has 0 aromatic carbocycles. The van der Waals surface area contributed by atoms with Gasteiger partial charge in [0.25, 0.3) is 0 Å². The minimum Gasteiger partial charge on any atom is -0.393 e. The van der Waals surface area contributed by atoms with Crippen molar-refractivity contribution in [1.29, 1.82) is 0 Å². The van der Waals surface area contributed by atoms with Gasteiger partial charge >= 0.3 is 0 Å². The van der Waals surface area contributed by atoms with Crippen molar-refractivity contribution in [1.82, 2.24) is 0 Å². The zero-order chi connectivity index (χ0) is 40.5. The van der Waals surface area contributed by atoms with E-state index in [9.17, 15) is 19.8 Å². The van der Waals surface area contributed by atoms with Gasteiger partial charge in [-0.3, -0.25) is 9.59 Å². The van der Waals surface area contributed by atoms with Crippen molar-refractivity contribution in [3.8, 4) is 0 Å². The summed E-state index contributed by atoms with van der Waals surface area (Å²) in [5.74, 6) is 8.23. The van der Waals surface area contributed by atoms with Crippen molar-refractivity contribution in [2.45, 2.75) is 197 Å². The van der Waals surface area contributed by atoms with Crippen molar-refractivity contribution >= 4 is 11.6 Å². The smallest absolute Gasteiger partial charge is 0.139 e. The van der Waals surface area contributed by atoms with Crippen LogP contribution in [0.25, 0.3) is 0 Å². The highest BCUT2D eigenvalue weighted by Gasteiger charge is 2.67. The molecule has 0 aromatic heterocycles. The van der Waals surface area contributed by atoms with Gasteiger partial charge in [-0.15, -0.1) is 0 Å². The molecule has 0 bridgehead atoms. The third kappa shape index (κ3) is 6.70. The normalized spacial score (nSPS) is 51.9. The fraction of sp³-hybridized carbons (Fsp3) is 0.961. The zero-order valence-electron chi connectivity index (χ0n) is 37.7. The summed E-state index contributed by atoms with van der Waals surface area (Å²) in [4.78, 5) is 27.8. The molecule has 0 spiro atoms. The molecule has 8 aliphatic rings. The highest BCUT2D eigenvalue weighted by molar-refractivity contribution is 5.86. The number of hydrogen-bond acceptors (Lipinski definition) is 5. The predicted molar refractivity (Wildman–Crippen MR) is 228 cm³/mol. The monoisotopic (exact) mass is 778 g/mol. The van der Waals surface area contributed by atoms with E-state index in [1.54, 1.807) is 0 Å². The molecule has 8 saturated carbocycles. The van der Waals surface area contributed by atoms with Crippen LogP contribution < -0.4 is 5.73 Å². The number of rotatable bonds is 8. The summed E-state index contributed by atoms with van der Waals surface area (Å²) in [6.07, 6.45) is 21.3. The summed E-state index contributed by atoms with van der Waals surface area (Å²) in [6, 6.07) is 0. The Morgan fingerprint density at radius 2 is 0.929 bits per heavy atom. The highest BCUT2D eigenvalue weighted by atomic mass is 16.3. The van der Waals surface area contributed by atoms with E-state index in [1.165, 1.54) is 64.2 Å². The minimum atomic E-state index is -0.196. The third-order valence-electron chi connectivity index (χ3n) is 21.1. The summed E-state index contributed by atoms with van der Waals surface area (Å²) in [7, 11) is 0. The summed E-state index contributed by atoms with van der Waals surface area (Å²) in [5, 5.41) is 20.8. The molecule has 0 amide bonds. The molecule has 4 N–H and O–H groups in total. The lowest BCUT2D eigenvalue weighted by molar-refractivity contribution is -0.173. The SMILES string of the molecule is CCC[C@@H](C)[C@H]1CC[C@H]2[C@@H]3C(=O)[C@H](CC)[C@@H]4C[C@H](O)CC[C@]4(C)[C@H]3CC[C@]12C.CC[C@@H]1C(=O)[C@@H]2[C@H](CC[C@]3(C)[C@@H]([C@H](C)CCN)CC[C@@H]23)[C@@]2(C)CC[C@@H](O)C[C@@H]12. The Balaban J connectivity index is 0.000000172. The molecule has 8 rings (SSSR count). The molecule has 0 heterocycles. The van der Waals surface area contributed by atoms with Gasteiger partial charge in [0.2, 0.25) is 0 Å². The summed E-state index contributed by atoms with van der Waals surface area (Å²) < 4.78 is 0. The molecule has 0 unspecified atom stereocenters. The second-order valence-electron chi connectivity index (χ2n) is 23.2. The molecule has 320 valence electrons. The van der Waals surface area contributed by atoms with Crippen molar-refractivity contribution in [3.63, 3.8) is 0 Å². The van der Waals surface area contributed by atoms with Crippen LogP contribution in [0.2, 0.25) is 0 Å². The maximum absolute atomic E-state index is 13.9. The number of carbonyl (C=O) groups is 2. The number of hydrogen-bond donors (Lipinski definition) is 3.